The number of piperidine rings is 1. The van der Waals surface area contributed by atoms with Crippen LogP contribution in [0.4, 0.5) is 20.2 Å². The quantitative estimate of drug-likeness (QED) is 0.348. The Morgan fingerprint density at radius 3 is 2.58 bits per heavy atom. The number of nitrogens with one attached hydrogen (secondary N) is 1. The monoisotopic (exact) mass is 625 g/mol. The van der Waals surface area contributed by atoms with Crippen LogP contribution in [0.2, 0.25) is 10.0 Å². The summed E-state index contributed by atoms with van der Waals surface area (Å²) in [6.45, 7) is 2.79. The van der Waals surface area contributed by atoms with Crippen LogP contribution in [0.15, 0.2) is 54.6 Å². The predicted octanol–water partition coefficient (Wildman–Crippen LogP) is 6.29. The van der Waals surface area contributed by atoms with E-state index in [1.54, 1.807) is 30.3 Å². The van der Waals surface area contributed by atoms with Gasteiger partial charge in [-0.25, -0.2) is 13.6 Å². The number of carbonyl (C=O) groups is 3. The minimum atomic E-state index is -1.46. The predicted molar refractivity (Wildman–Crippen MR) is 157 cm³/mol. The van der Waals surface area contributed by atoms with E-state index in [1.807, 2.05) is 0 Å². The van der Waals surface area contributed by atoms with Crippen molar-refractivity contribution in [2.75, 3.05) is 23.3 Å². The third-order valence-corrected chi connectivity index (χ3v) is 10.3. The van der Waals surface area contributed by atoms with Crippen molar-refractivity contribution in [2.45, 2.75) is 37.3 Å². The second-order valence-electron chi connectivity index (χ2n) is 12.0. The summed E-state index contributed by atoms with van der Waals surface area (Å²) in [5.74, 6) is -4.94. The highest BCUT2D eigenvalue weighted by Gasteiger charge is 2.70. The molecule has 3 aliphatic heterocycles. The van der Waals surface area contributed by atoms with Gasteiger partial charge in [-0.15, -0.1) is 0 Å². The molecule has 7 rings (SSSR count). The molecule has 3 fully saturated rings. The van der Waals surface area contributed by atoms with Crippen molar-refractivity contribution < 1.29 is 28.3 Å². The van der Waals surface area contributed by atoms with Crippen molar-refractivity contribution in [1.82, 2.24) is 4.90 Å². The highest BCUT2D eigenvalue weighted by Crippen LogP contribution is 2.62. The molecule has 222 valence electrons. The molecular weight excluding hydrogens is 599 g/mol. The van der Waals surface area contributed by atoms with Gasteiger partial charge in [-0.05, 0) is 66.6 Å². The van der Waals surface area contributed by atoms with Gasteiger partial charge in [-0.1, -0.05) is 48.3 Å². The van der Waals surface area contributed by atoms with E-state index in [9.17, 15) is 19.5 Å². The minimum absolute atomic E-state index is 0.0647. The average Bonchev–Trinajstić information content (AvgIpc) is 3.48. The first kappa shape index (κ1) is 28.3. The van der Waals surface area contributed by atoms with Gasteiger partial charge in [0.05, 0.1) is 22.2 Å². The highest BCUT2D eigenvalue weighted by molar-refractivity contribution is 6.31. The second-order valence-corrected chi connectivity index (χ2v) is 12.8. The summed E-state index contributed by atoms with van der Waals surface area (Å²) in [7, 11) is 0. The molecule has 0 radical (unpaired) electrons. The zero-order valence-electron chi connectivity index (χ0n) is 23.0. The van der Waals surface area contributed by atoms with Crippen molar-refractivity contribution in [3.05, 3.63) is 93.0 Å². The van der Waals surface area contributed by atoms with Gasteiger partial charge < -0.3 is 15.3 Å². The number of hydrogen-bond donors (Lipinski definition) is 2. The lowest BCUT2D eigenvalue weighted by Gasteiger charge is -2.40. The van der Waals surface area contributed by atoms with Crippen LogP contribution in [0, 0.1) is 29.4 Å². The standard InChI is InChI=1S/C32H27Cl2F2N3O4/c1-15-11-17(15)14-39-25-9-10-38(24-8-5-16(30(41)42)12-22(24)35)29(40)26(25)27(19-3-2-4-21(34)28(19)36)32(39)20-7-6-18(33)13-23(20)37-31(32)43/h2-8,12-13,15,17,25-27H,9-11,14H2,1H3,(H,37,43)(H,41,42)/t15?,17?,25-,26+,27-,32+/m0/s1. The molecule has 1 aliphatic carbocycles. The van der Waals surface area contributed by atoms with Crippen LogP contribution in [-0.2, 0) is 15.1 Å². The van der Waals surface area contributed by atoms with Crippen LogP contribution in [0.3, 0.4) is 0 Å². The van der Waals surface area contributed by atoms with Crippen LogP contribution in [0.1, 0.15) is 47.2 Å². The Bertz CT molecular complexity index is 1720. The van der Waals surface area contributed by atoms with Gasteiger partial charge in [0.15, 0.2) is 0 Å². The Labute approximate surface area is 256 Å². The maximum absolute atomic E-state index is 16.1. The van der Waals surface area contributed by atoms with Gasteiger partial charge in [-0.3, -0.25) is 14.5 Å². The molecule has 2 N–H and O–H groups in total. The van der Waals surface area contributed by atoms with Crippen molar-refractivity contribution in [2.24, 2.45) is 17.8 Å². The Hall–Kier alpha value is -3.53. The van der Waals surface area contributed by atoms with Crippen molar-refractivity contribution in [3.63, 3.8) is 0 Å². The SMILES string of the molecule is CC1CC1CN1[C@H]2CCN(c3ccc(C(=O)O)cc3F)C(=O)[C@H]2[C@H](c2cccc(Cl)c2F)[C@]12C(=O)Nc1cc(Cl)ccc12. The normalized spacial score (nSPS) is 29.5. The first-order valence-corrected chi connectivity index (χ1v) is 15.0. The van der Waals surface area contributed by atoms with E-state index < -0.39 is 46.9 Å². The molecule has 2 unspecified atom stereocenters. The Morgan fingerprint density at radius 1 is 1.12 bits per heavy atom. The maximum atomic E-state index is 16.1. The van der Waals surface area contributed by atoms with Gasteiger partial charge in [0.2, 0.25) is 11.8 Å². The van der Waals surface area contributed by atoms with Gasteiger partial charge >= 0.3 is 5.97 Å². The molecule has 3 aromatic rings. The number of halogens is 4. The molecule has 3 heterocycles. The maximum Gasteiger partial charge on any atom is 0.335 e. The fraction of sp³-hybridized carbons (Fsp3) is 0.344. The van der Waals surface area contributed by atoms with Gasteiger partial charge in [-0.2, -0.15) is 0 Å². The van der Waals surface area contributed by atoms with E-state index in [-0.39, 0.29) is 34.3 Å². The number of amides is 2. The summed E-state index contributed by atoms with van der Waals surface area (Å²) < 4.78 is 31.4. The van der Waals surface area contributed by atoms with E-state index in [1.165, 1.54) is 23.1 Å². The summed E-state index contributed by atoms with van der Waals surface area (Å²) in [4.78, 5) is 43.8. The number of anilines is 2. The topological polar surface area (TPSA) is 90.0 Å². The fourth-order valence-electron chi connectivity index (χ4n) is 7.66. The number of hydrogen-bond acceptors (Lipinski definition) is 4. The molecule has 2 amide bonds. The van der Waals surface area contributed by atoms with Crippen LogP contribution in [0.5, 0.6) is 0 Å². The molecule has 0 bridgehead atoms. The van der Waals surface area contributed by atoms with Crippen molar-refractivity contribution in [3.8, 4) is 0 Å². The molecule has 4 aliphatic rings. The van der Waals surface area contributed by atoms with E-state index >= 15 is 8.78 Å². The number of fused-ring (bicyclic) bond motifs is 3. The summed E-state index contributed by atoms with van der Waals surface area (Å²) in [5, 5.41) is 12.6. The summed E-state index contributed by atoms with van der Waals surface area (Å²) in [6, 6.07) is 12.6. The lowest BCUT2D eigenvalue weighted by atomic mass is 9.70. The molecule has 0 aromatic heterocycles. The number of carbonyl (C=O) groups excluding carboxylic acids is 2. The Balaban J connectivity index is 1.44. The number of carboxylic acids is 1. The largest absolute Gasteiger partial charge is 0.478 e. The molecule has 6 atom stereocenters. The van der Waals surface area contributed by atoms with Gasteiger partial charge in [0, 0.05) is 41.3 Å². The van der Waals surface area contributed by atoms with E-state index in [0.29, 0.717) is 41.1 Å². The number of rotatable bonds is 5. The van der Waals surface area contributed by atoms with E-state index in [2.05, 4.69) is 17.1 Å². The minimum Gasteiger partial charge on any atom is -0.478 e. The first-order chi connectivity index (χ1) is 20.5. The third-order valence-electron chi connectivity index (χ3n) is 9.77. The molecule has 11 heteroatoms. The first-order valence-electron chi connectivity index (χ1n) is 14.2. The molecule has 3 aromatic carbocycles. The molecule has 43 heavy (non-hydrogen) atoms. The smallest absolute Gasteiger partial charge is 0.335 e. The molecule has 1 saturated carbocycles. The lowest BCUT2D eigenvalue weighted by Crippen LogP contribution is -2.54. The highest BCUT2D eigenvalue weighted by atomic mass is 35.5. The average molecular weight is 626 g/mol. The number of nitrogens with zero attached hydrogens (tertiary/aromatic N) is 2. The van der Waals surface area contributed by atoms with Crippen molar-refractivity contribution in [1.29, 1.82) is 0 Å². The van der Waals surface area contributed by atoms with Gasteiger partial charge in [0.25, 0.3) is 0 Å². The fourth-order valence-corrected chi connectivity index (χ4v) is 8.01. The van der Waals surface area contributed by atoms with E-state index in [4.69, 9.17) is 23.2 Å². The molecule has 1 spiro atoms. The molecule has 7 nitrogen and oxygen atoms in total. The van der Waals surface area contributed by atoms with Crippen molar-refractivity contribution >= 4 is 52.4 Å². The number of aromatic carboxylic acids is 1. The number of likely N-dealkylation sites (tertiary alicyclic amines) is 1. The van der Waals surface area contributed by atoms with E-state index in [0.717, 1.165) is 12.5 Å². The third kappa shape index (κ3) is 4.12. The number of benzene rings is 3. The second kappa shape index (κ2) is 10.0. The molecule has 2 saturated heterocycles. The van der Waals surface area contributed by atoms with Crippen LogP contribution in [-0.4, -0.2) is 46.9 Å². The zero-order valence-corrected chi connectivity index (χ0v) is 24.5. The Kier molecular flexibility index (Phi) is 6.57. The van der Waals surface area contributed by atoms with Crippen LogP contribution < -0.4 is 10.2 Å². The lowest BCUT2D eigenvalue weighted by molar-refractivity contribution is -0.128. The summed E-state index contributed by atoms with van der Waals surface area (Å²) in [6.07, 6.45) is 1.35. The summed E-state index contributed by atoms with van der Waals surface area (Å²) >= 11 is 12.6. The Morgan fingerprint density at radius 2 is 1.88 bits per heavy atom. The molecular formula is C32H27Cl2F2N3O4. The summed E-state index contributed by atoms with van der Waals surface area (Å²) in [5.41, 5.74) is -0.540. The van der Waals surface area contributed by atoms with Crippen LogP contribution >= 0.6 is 23.2 Å². The van der Waals surface area contributed by atoms with Crippen LogP contribution in [0.25, 0.3) is 0 Å². The zero-order chi connectivity index (χ0) is 30.4. The van der Waals surface area contributed by atoms with Gasteiger partial charge in [0.1, 0.15) is 17.2 Å². The number of carboxylic acid groups (broad SMARTS) is 1.